The molecule has 0 unspecified atom stereocenters. The number of methoxy groups -OCH3 is 1. The smallest absolute Gasteiger partial charge is 0.163 e. The van der Waals surface area contributed by atoms with Crippen LogP contribution in [0.1, 0.15) is 15.9 Å². The minimum atomic E-state index is 0.285. The van der Waals surface area contributed by atoms with Crippen LogP contribution in [0.2, 0.25) is 10.0 Å². The second-order valence-corrected chi connectivity index (χ2v) is 4.84. The van der Waals surface area contributed by atoms with Crippen LogP contribution in [0.25, 0.3) is 0 Å². The fourth-order valence-corrected chi connectivity index (χ4v) is 2.07. The highest BCUT2D eigenvalue weighted by Gasteiger charge is 2.11. The van der Waals surface area contributed by atoms with E-state index in [1.807, 2.05) is 18.2 Å². The Morgan fingerprint density at radius 2 is 1.85 bits per heavy atom. The SMILES string of the molecule is COc1cc(C=O)c(Cl)cc1OCc1ccccc1Cl. The predicted molar refractivity (Wildman–Crippen MR) is 79.2 cm³/mol. The van der Waals surface area contributed by atoms with Crippen molar-refractivity contribution in [2.45, 2.75) is 6.61 Å². The number of halogens is 2. The van der Waals surface area contributed by atoms with E-state index in [1.54, 1.807) is 12.1 Å². The summed E-state index contributed by atoms with van der Waals surface area (Å²) >= 11 is 12.0. The number of hydrogen-bond donors (Lipinski definition) is 0. The highest BCUT2D eigenvalue weighted by molar-refractivity contribution is 6.33. The molecule has 0 bridgehead atoms. The standard InChI is InChI=1S/C15H12Cl2O3/c1-19-14-6-11(8-18)13(17)7-15(14)20-9-10-4-2-3-5-12(10)16/h2-8H,9H2,1H3. The monoisotopic (exact) mass is 310 g/mol. The van der Waals surface area contributed by atoms with Crippen molar-refractivity contribution < 1.29 is 14.3 Å². The van der Waals surface area contributed by atoms with Gasteiger partial charge in [0, 0.05) is 22.2 Å². The molecule has 0 aliphatic rings. The fraction of sp³-hybridized carbons (Fsp3) is 0.133. The number of hydrogen-bond acceptors (Lipinski definition) is 3. The Morgan fingerprint density at radius 1 is 1.10 bits per heavy atom. The first-order valence-corrected chi connectivity index (χ1v) is 6.60. The van der Waals surface area contributed by atoms with E-state index in [1.165, 1.54) is 13.2 Å². The number of carbonyl (C=O) groups excluding carboxylic acids is 1. The number of rotatable bonds is 5. The molecule has 5 heteroatoms. The van der Waals surface area contributed by atoms with Gasteiger partial charge in [-0.05, 0) is 12.1 Å². The molecule has 2 rings (SSSR count). The largest absolute Gasteiger partial charge is 0.493 e. The molecule has 0 atom stereocenters. The second kappa shape index (κ2) is 6.64. The van der Waals surface area contributed by atoms with Crippen LogP contribution in [0.15, 0.2) is 36.4 Å². The van der Waals surface area contributed by atoms with Gasteiger partial charge >= 0.3 is 0 Å². The van der Waals surface area contributed by atoms with E-state index in [4.69, 9.17) is 32.7 Å². The lowest BCUT2D eigenvalue weighted by Gasteiger charge is -2.12. The van der Waals surface area contributed by atoms with Gasteiger partial charge in [-0.2, -0.15) is 0 Å². The first-order valence-electron chi connectivity index (χ1n) is 5.84. The third-order valence-corrected chi connectivity index (χ3v) is 3.45. The number of ether oxygens (including phenoxy) is 2. The van der Waals surface area contributed by atoms with Crippen molar-refractivity contribution in [2.24, 2.45) is 0 Å². The van der Waals surface area contributed by atoms with Gasteiger partial charge in [0.1, 0.15) is 6.61 Å². The molecule has 0 saturated carbocycles. The van der Waals surface area contributed by atoms with E-state index in [-0.39, 0.29) is 6.61 Å². The van der Waals surface area contributed by atoms with Crippen LogP contribution < -0.4 is 9.47 Å². The van der Waals surface area contributed by atoms with Crippen LogP contribution >= 0.6 is 23.2 Å². The summed E-state index contributed by atoms with van der Waals surface area (Å²) in [4.78, 5) is 10.8. The second-order valence-electron chi connectivity index (χ2n) is 4.02. The Hall–Kier alpha value is -1.71. The van der Waals surface area contributed by atoms with Crippen LogP contribution in [0.3, 0.4) is 0 Å². The molecule has 0 aliphatic heterocycles. The normalized spacial score (nSPS) is 10.2. The van der Waals surface area contributed by atoms with Gasteiger partial charge in [-0.3, -0.25) is 4.79 Å². The van der Waals surface area contributed by atoms with Crippen molar-refractivity contribution in [1.82, 2.24) is 0 Å². The van der Waals surface area contributed by atoms with Gasteiger partial charge in [0.25, 0.3) is 0 Å². The van der Waals surface area contributed by atoms with Crippen molar-refractivity contribution in [2.75, 3.05) is 7.11 Å². The van der Waals surface area contributed by atoms with Crippen LogP contribution in [0.4, 0.5) is 0 Å². The van der Waals surface area contributed by atoms with Gasteiger partial charge in [-0.1, -0.05) is 41.4 Å². The van der Waals surface area contributed by atoms with Crippen molar-refractivity contribution in [3.8, 4) is 11.5 Å². The quantitative estimate of drug-likeness (QED) is 0.768. The van der Waals surface area contributed by atoms with Crippen LogP contribution in [0, 0.1) is 0 Å². The topological polar surface area (TPSA) is 35.5 Å². The zero-order valence-electron chi connectivity index (χ0n) is 10.7. The molecule has 2 aromatic carbocycles. The zero-order chi connectivity index (χ0) is 14.5. The predicted octanol–water partition coefficient (Wildman–Crippen LogP) is 4.39. The Kier molecular flexibility index (Phi) is 4.88. The van der Waals surface area contributed by atoms with E-state index in [0.29, 0.717) is 33.4 Å². The molecule has 0 aromatic heterocycles. The highest BCUT2D eigenvalue weighted by atomic mass is 35.5. The maximum atomic E-state index is 10.8. The molecule has 0 amide bonds. The molecule has 0 aliphatic carbocycles. The molecule has 0 fully saturated rings. The van der Waals surface area contributed by atoms with Crippen LogP contribution in [-0.4, -0.2) is 13.4 Å². The maximum Gasteiger partial charge on any atom is 0.163 e. The lowest BCUT2D eigenvalue weighted by Crippen LogP contribution is -1.99. The van der Waals surface area contributed by atoms with Gasteiger partial charge in [0.15, 0.2) is 17.8 Å². The first kappa shape index (κ1) is 14.7. The summed E-state index contributed by atoms with van der Waals surface area (Å²) in [6.07, 6.45) is 0.669. The minimum Gasteiger partial charge on any atom is -0.493 e. The van der Waals surface area contributed by atoms with Crippen molar-refractivity contribution in [3.63, 3.8) is 0 Å². The van der Waals surface area contributed by atoms with E-state index in [0.717, 1.165) is 5.56 Å². The number of benzene rings is 2. The molecule has 0 spiro atoms. The van der Waals surface area contributed by atoms with Crippen LogP contribution in [0.5, 0.6) is 11.5 Å². The summed E-state index contributed by atoms with van der Waals surface area (Å²) in [7, 11) is 1.50. The molecule has 2 aromatic rings. The Bertz CT molecular complexity index is 627. The van der Waals surface area contributed by atoms with E-state index in [2.05, 4.69) is 0 Å². The Morgan fingerprint density at radius 3 is 2.50 bits per heavy atom. The summed E-state index contributed by atoms with van der Waals surface area (Å²) in [5.74, 6) is 0.909. The molecule has 3 nitrogen and oxygen atoms in total. The van der Waals surface area contributed by atoms with Gasteiger partial charge in [0.2, 0.25) is 0 Å². The van der Waals surface area contributed by atoms with Gasteiger partial charge in [-0.25, -0.2) is 0 Å². The minimum absolute atomic E-state index is 0.285. The summed E-state index contributed by atoms with van der Waals surface area (Å²) in [6, 6.07) is 10.5. The Balaban J connectivity index is 2.23. The van der Waals surface area contributed by atoms with E-state index >= 15 is 0 Å². The zero-order valence-corrected chi connectivity index (χ0v) is 12.2. The van der Waals surface area contributed by atoms with E-state index in [9.17, 15) is 4.79 Å². The summed E-state index contributed by atoms with van der Waals surface area (Å²) in [5, 5.41) is 0.942. The van der Waals surface area contributed by atoms with Gasteiger partial charge in [-0.15, -0.1) is 0 Å². The third kappa shape index (κ3) is 3.24. The van der Waals surface area contributed by atoms with Gasteiger partial charge < -0.3 is 9.47 Å². The average Bonchev–Trinajstić information content (AvgIpc) is 2.46. The fourth-order valence-electron chi connectivity index (χ4n) is 1.68. The molecule has 20 heavy (non-hydrogen) atoms. The van der Waals surface area contributed by atoms with Crippen LogP contribution in [-0.2, 0) is 6.61 Å². The summed E-state index contributed by atoms with van der Waals surface area (Å²) < 4.78 is 10.9. The molecule has 0 heterocycles. The summed E-state index contributed by atoms with van der Waals surface area (Å²) in [5.41, 5.74) is 1.21. The summed E-state index contributed by atoms with van der Waals surface area (Å²) in [6.45, 7) is 0.285. The molecular weight excluding hydrogens is 299 g/mol. The van der Waals surface area contributed by atoms with Gasteiger partial charge in [0.05, 0.1) is 12.1 Å². The Labute approximate surface area is 127 Å². The lowest BCUT2D eigenvalue weighted by atomic mass is 10.2. The highest BCUT2D eigenvalue weighted by Crippen LogP contribution is 2.33. The molecule has 0 radical (unpaired) electrons. The maximum absolute atomic E-state index is 10.8. The number of aldehydes is 1. The van der Waals surface area contributed by atoms with Crippen molar-refractivity contribution in [3.05, 3.63) is 57.6 Å². The molecule has 0 N–H and O–H groups in total. The van der Waals surface area contributed by atoms with E-state index < -0.39 is 0 Å². The lowest BCUT2D eigenvalue weighted by molar-refractivity contribution is 0.112. The molecular formula is C15H12Cl2O3. The molecule has 0 saturated heterocycles. The molecule has 104 valence electrons. The first-order chi connectivity index (χ1) is 9.65. The van der Waals surface area contributed by atoms with Crippen molar-refractivity contribution >= 4 is 29.5 Å². The average molecular weight is 311 g/mol. The number of carbonyl (C=O) groups is 1. The third-order valence-electron chi connectivity index (χ3n) is 2.75. The van der Waals surface area contributed by atoms with Crippen molar-refractivity contribution in [1.29, 1.82) is 0 Å².